The van der Waals surface area contributed by atoms with Gasteiger partial charge in [-0.15, -0.1) is 0 Å². The van der Waals surface area contributed by atoms with Crippen LogP contribution in [-0.4, -0.2) is 4.98 Å². The number of alkyl halides is 3. The molecule has 68 valence electrons. The number of anilines is 1. The highest BCUT2D eigenvalue weighted by Gasteiger charge is 2.33. The molecule has 1 aromatic heterocycles. The van der Waals surface area contributed by atoms with Gasteiger partial charge in [-0.05, 0) is 6.07 Å². The van der Waals surface area contributed by atoms with E-state index in [0.29, 0.717) is 6.20 Å². The van der Waals surface area contributed by atoms with Crippen molar-refractivity contribution in [3.05, 3.63) is 23.5 Å². The lowest BCUT2D eigenvalue weighted by Crippen LogP contribution is -2.09. The number of rotatable bonds is 0. The fourth-order valence-corrected chi connectivity index (χ4v) is 0.769. The highest BCUT2D eigenvalue weighted by molar-refractivity contribution is 5.50. The fourth-order valence-electron chi connectivity index (χ4n) is 0.769. The molecule has 0 saturated heterocycles. The van der Waals surface area contributed by atoms with E-state index in [9.17, 15) is 13.2 Å². The molecule has 2 N–H and O–H groups in total. The third-order valence-corrected chi connectivity index (χ3v) is 1.36. The Morgan fingerprint density at radius 2 is 2.08 bits per heavy atom. The first-order chi connectivity index (χ1) is 5.95. The summed E-state index contributed by atoms with van der Waals surface area (Å²) in [4.78, 5) is 3.26. The summed E-state index contributed by atoms with van der Waals surface area (Å²) in [6.45, 7) is 0. The zero-order chi connectivity index (χ0) is 10.1. The summed E-state index contributed by atoms with van der Waals surface area (Å²) >= 11 is 0. The van der Waals surface area contributed by atoms with E-state index in [1.54, 1.807) is 6.07 Å². The molecule has 0 aliphatic rings. The maximum absolute atomic E-state index is 12.1. The zero-order valence-corrected chi connectivity index (χ0v) is 6.26. The number of aromatic nitrogens is 1. The SMILES string of the molecule is N#Cc1cc(N)c(C(F)(F)F)cn1. The summed E-state index contributed by atoms with van der Waals surface area (Å²) in [7, 11) is 0. The first-order valence-electron chi connectivity index (χ1n) is 3.18. The standard InChI is InChI=1S/C7H4F3N3/c8-7(9,10)5-3-13-4(2-11)1-6(5)12/h1,3H,(H2,12,13). The number of nitrogens with two attached hydrogens (primary N) is 1. The highest BCUT2D eigenvalue weighted by Crippen LogP contribution is 2.32. The van der Waals surface area contributed by atoms with Crippen molar-refractivity contribution in [2.75, 3.05) is 5.73 Å². The van der Waals surface area contributed by atoms with E-state index >= 15 is 0 Å². The first-order valence-corrected chi connectivity index (χ1v) is 3.18. The average molecular weight is 187 g/mol. The van der Waals surface area contributed by atoms with Crippen molar-refractivity contribution >= 4 is 5.69 Å². The molecule has 1 heterocycles. The molecule has 0 bridgehead atoms. The van der Waals surface area contributed by atoms with Gasteiger partial charge in [-0.25, -0.2) is 4.98 Å². The fraction of sp³-hybridized carbons (Fsp3) is 0.143. The van der Waals surface area contributed by atoms with E-state index in [0.717, 1.165) is 6.07 Å². The molecule has 1 rings (SSSR count). The molecule has 0 saturated carbocycles. The van der Waals surface area contributed by atoms with Crippen molar-refractivity contribution in [1.82, 2.24) is 4.98 Å². The Morgan fingerprint density at radius 3 is 2.46 bits per heavy atom. The number of nitriles is 1. The second-order valence-corrected chi connectivity index (χ2v) is 2.27. The second kappa shape index (κ2) is 2.94. The van der Waals surface area contributed by atoms with Crippen molar-refractivity contribution in [1.29, 1.82) is 5.26 Å². The van der Waals surface area contributed by atoms with Gasteiger partial charge in [0.25, 0.3) is 0 Å². The number of hydrogen-bond acceptors (Lipinski definition) is 3. The number of halogens is 3. The maximum Gasteiger partial charge on any atom is 0.419 e. The predicted octanol–water partition coefficient (Wildman–Crippen LogP) is 1.55. The number of hydrogen-bond donors (Lipinski definition) is 1. The van der Waals surface area contributed by atoms with Crippen LogP contribution in [0.25, 0.3) is 0 Å². The van der Waals surface area contributed by atoms with Crippen LogP contribution in [0.2, 0.25) is 0 Å². The van der Waals surface area contributed by atoms with Crippen LogP contribution in [0.15, 0.2) is 12.3 Å². The molecule has 0 spiro atoms. The van der Waals surface area contributed by atoms with Crippen LogP contribution in [-0.2, 0) is 6.18 Å². The van der Waals surface area contributed by atoms with E-state index in [-0.39, 0.29) is 5.69 Å². The van der Waals surface area contributed by atoms with Gasteiger partial charge in [0.15, 0.2) is 0 Å². The first kappa shape index (κ1) is 9.32. The molecule has 13 heavy (non-hydrogen) atoms. The van der Waals surface area contributed by atoms with Gasteiger partial charge < -0.3 is 5.73 Å². The Morgan fingerprint density at radius 1 is 1.46 bits per heavy atom. The van der Waals surface area contributed by atoms with E-state index < -0.39 is 17.4 Å². The number of nitrogens with zero attached hydrogens (tertiary/aromatic N) is 2. The van der Waals surface area contributed by atoms with Gasteiger partial charge in [0.05, 0.1) is 5.56 Å². The lowest BCUT2D eigenvalue weighted by atomic mass is 10.2. The van der Waals surface area contributed by atoms with Crippen LogP contribution in [0.3, 0.4) is 0 Å². The van der Waals surface area contributed by atoms with E-state index in [4.69, 9.17) is 11.0 Å². The molecule has 0 aromatic carbocycles. The van der Waals surface area contributed by atoms with Gasteiger partial charge in [-0.3, -0.25) is 0 Å². The Balaban J connectivity index is 3.23. The van der Waals surface area contributed by atoms with Crippen LogP contribution < -0.4 is 5.73 Å². The van der Waals surface area contributed by atoms with Crippen LogP contribution in [0.1, 0.15) is 11.3 Å². The second-order valence-electron chi connectivity index (χ2n) is 2.27. The van der Waals surface area contributed by atoms with Crippen molar-refractivity contribution in [2.24, 2.45) is 0 Å². The molecule has 0 fully saturated rings. The molecule has 0 radical (unpaired) electrons. The average Bonchev–Trinajstić information content (AvgIpc) is 2.01. The van der Waals surface area contributed by atoms with Gasteiger partial charge in [-0.1, -0.05) is 0 Å². The van der Waals surface area contributed by atoms with Gasteiger partial charge in [0, 0.05) is 11.9 Å². The molecule has 1 aromatic rings. The van der Waals surface area contributed by atoms with Crippen LogP contribution in [0.5, 0.6) is 0 Å². The lowest BCUT2D eigenvalue weighted by Gasteiger charge is -2.08. The monoisotopic (exact) mass is 187 g/mol. The largest absolute Gasteiger partial charge is 0.419 e. The summed E-state index contributed by atoms with van der Waals surface area (Å²) in [5.74, 6) is 0. The Hall–Kier alpha value is -1.77. The van der Waals surface area contributed by atoms with Crippen LogP contribution in [0.4, 0.5) is 18.9 Å². The van der Waals surface area contributed by atoms with E-state index in [1.807, 2.05) is 0 Å². The van der Waals surface area contributed by atoms with Crippen LogP contribution in [0, 0.1) is 11.3 Å². The Kier molecular flexibility index (Phi) is 2.10. The van der Waals surface area contributed by atoms with Gasteiger partial charge >= 0.3 is 6.18 Å². The van der Waals surface area contributed by atoms with Gasteiger partial charge in [0.1, 0.15) is 11.8 Å². The molecule has 0 unspecified atom stereocenters. The molecular weight excluding hydrogens is 183 g/mol. The molecule has 3 nitrogen and oxygen atoms in total. The molecule has 0 aliphatic heterocycles. The third kappa shape index (κ3) is 1.87. The molecule has 0 aliphatic carbocycles. The van der Waals surface area contributed by atoms with Crippen molar-refractivity contribution in [3.63, 3.8) is 0 Å². The summed E-state index contributed by atoms with van der Waals surface area (Å²) in [5.41, 5.74) is 3.43. The summed E-state index contributed by atoms with van der Waals surface area (Å²) in [6, 6.07) is 2.48. The summed E-state index contributed by atoms with van der Waals surface area (Å²) < 4.78 is 36.2. The summed E-state index contributed by atoms with van der Waals surface area (Å²) in [5, 5.41) is 8.31. The predicted molar refractivity (Wildman–Crippen MR) is 38.4 cm³/mol. The minimum atomic E-state index is -4.52. The normalized spacial score (nSPS) is 10.9. The Labute approximate surface area is 71.6 Å². The highest BCUT2D eigenvalue weighted by atomic mass is 19.4. The topological polar surface area (TPSA) is 62.7 Å². The molecule has 0 atom stereocenters. The Bertz CT molecular complexity index is 364. The quantitative estimate of drug-likeness (QED) is 0.670. The van der Waals surface area contributed by atoms with Crippen molar-refractivity contribution in [3.8, 4) is 6.07 Å². The molecule has 6 heteroatoms. The molecule has 0 amide bonds. The van der Waals surface area contributed by atoms with Gasteiger partial charge in [0.2, 0.25) is 0 Å². The van der Waals surface area contributed by atoms with Crippen LogP contribution >= 0.6 is 0 Å². The number of pyridine rings is 1. The lowest BCUT2D eigenvalue weighted by molar-refractivity contribution is -0.137. The third-order valence-electron chi connectivity index (χ3n) is 1.36. The van der Waals surface area contributed by atoms with Crippen molar-refractivity contribution in [2.45, 2.75) is 6.18 Å². The molecular formula is C7H4F3N3. The minimum Gasteiger partial charge on any atom is -0.398 e. The van der Waals surface area contributed by atoms with E-state index in [1.165, 1.54) is 0 Å². The van der Waals surface area contributed by atoms with Crippen molar-refractivity contribution < 1.29 is 13.2 Å². The van der Waals surface area contributed by atoms with Gasteiger partial charge in [-0.2, -0.15) is 18.4 Å². The van der Waals surface area contributed by atoms with E-state index in [2.05, 4.69) is 4.98 Å². The zero-order valence-electron chi connectivity index (χ0n) is 6.26. The minimum absolute atomic E-state index is 0.134. The number of nitrogen functional groups attached to an aromatic ring is 1. The summed E-state index contributed by atoms with van der Waals surface area (Å²) in [6.07, 6.45) is -3.97. The maximum atomic E-state index is 12.1. The smallest absolute Gasteiger partial charge is 0.398 e.